The highest BCUT2D eigenvalue weighted by atomic mass is 19.3. The summed E-state index contributed by atoms with van der Waals surface area (Å²) in [6.07, 6.45) is 6.74. The first-order valence-corrected chi connectivity index (χ1v) is 14.1. The van der Waals surface area contributed by atoms with Crippen LogP contribution in [0.3, 0.4) is 0 Å². The Balaban J connectivity index is 1.23. The molecule has 1 saturated heterocycles. The van der Waals surface area contributed by atoms with Gasteiger partial charge < -0.3 is 25.6 Å². The quantitative estimate of drug-likeness (QED) is 0.446. The van der Waals surface area contributed by atoms with Gasteiger partial charge in [0.15, 0.2) is 5.96 Å². The van der Waals surface area contributed by atoms with Gasteiger partial charge in [0.1, 0.15) is 12.4 Å². The van der Waals surface area contributed by atoms with E-state index in [2.05, 4.69) is 10.3 Å². The maximum absolute atomic E-state index is 13.6. The summed E-state index contributed by atoms with van der Waals surface area (Å²) in [5.41, 5.74) is 7.90. The first-order chi connectivity index (χ1) is 18.5. The highest BCUT2D eigenvalue weighted by molar-refractivity contribution is 5.98. The molecule has 2 unspecified atom stereocenters. The molecule has 0 amide bonds. The average molecular weight is 528 g/mol. The van der Waals surface area contributed by atoms with Gasteiger partial charge in [-0.3, -0.25) is 0 Å². The Kier molecular flexibility index (Phi) is 7.24. The molecular formula is C28H39F2N7O. The zero-order chi connectivity index (χ0) is 26.1. The minimum atomic E-state index is -2.61. The van der Waals surface area contributed by atoms with Crippen LogP contribution in [-0.2, 0) is 4.74 Å². The van der Waals surface area contributed by atoms with Crippen LogP contribution in [0.15, 0.2) is 39.2 Å². The van der Waals surface area contributed by atoms with E-state index in [0.717, 1.165) is 30.0 Å². The van der Waals surface area contributed by atoms with Crippen LogP contribution in [0.25, 0.3) is 0 Å². The van der Waals surface area contributed by atoms with Gasteiger partial charge in [-0.1, -0.05) is 25.0 Å². The first kappa shape index (κ1) is 25.5. The molecule has 206 valence electrons. The number of nitrogens with one attached hydrogen (secondary N) is 1. The third kappa shape index (κ3) is 5.51. The molecule has 7 rings (SSSR count). The highest BCUT2D eigenvalue weighted by Crippen LogP contribution is 2.57. The third-order valence-electron chi connectivity index (χ3n) is 9.14. The van der Waals surface area contributed by atoms with Crippen molar-refractivity contribution in [3.8, 4) is 0 Å². The lowest BCUT2D eigenvalue weighted by Gasteiger charge is -2.48. The summed E-state index contributed by atoms with van der Waals surface area (Å²) in [5.74, 6) is 3.40. The molecule has 1 aromatic rings. The normalized spacial score (nSPS) is 31.3. The van der Waals surface area contributed by atoms with Crippen LogP contribution in [0.1, 0.15) is 44.9 Å². The van der Waals surface area contributed by atoms with Crippen molar-refractivity contribution in [1.82, 2.24) is 10.2 Å². The Morgan fingerprint density at radius 1 is 1.11 bits per heavy atom. The van der Waals surface area contributed by atoms with E-state index in [1.54, 1.807) is 6.07 Å². The van der Waals surface area contributed by atoms with Crippen molar-refractivity contribution >= 4 is 29.0 Å². The second-order valence-electron chi connectivity index (χ2n) is 11.9. The number of para-hydroxylation sites is 2. The number of ether oxygens (including phenoxy) is 1. The van der Waals surface area contributed by atoms with Crippen molar-refractivity contribution in [3.63, 3.8) is 0 Å². The van der Waals surface area contributed by atoms with Crippen molar-refractivity contribution in [2.75, 3.05) is 51.0 Å². The maximum Gasteiger partial charge on any atom is 0.278 e. The zero-order valence-electron chi connectivity index (χ0n) is 22.0. The molecule has 10 heteroatoms. The van der Waals surface area contributed by atoms with Crippen molar-refractivity contribution < 1.29 is 13.5 Å². The average Bonchev–Trinajstić information content (AvgIpc) is 3.15. The van der Waals surface area contributed by atoms with Gasteiger partial charge in [-0.2, -0.15) is 4.99 Å². The van der Waals surface area contributed by atoms with Gasteiger partial charge in [0.25, 0.3) is 6.43 Å². The SMILES string of the molecule is N/C(=N\C(=N/CN1CC(C(F)F)=Nc2ccccc21)NCC12CC3CCC(CC(C3)C1)C2)N1CCOCC1. The summed E-state index contributed by atoms with van der Waals surface area (Å²) in [6, 6.07) is 7.36. The number of alkyl halides is 2. The van der Waals surface area contributed by atoms with Gasteiger partial charge in [-0.05, 0) is 67.4 Å². The number of anilines is 1. The van der Waals surface area contributed by atoms with Gasteiger partial charge in [-0.25, -0.2) is 18.8 Å². The molecule has 2 heterocycles. The Morgan fingerprint density at radius 3 is 2.55 bits per heavy atom. The number of halogens is 2. The van der Waals surface area contributed by atoms with Crippen LogP contribution >= 0.6 is 0 Å². The topological polar surface area (TPSA) is 90.8 Å². The van der Waals surface area contributed by atoms with Crippen LogP contribution < -0.4 is 16.0 Å². The molecule has 6 aliphatic rings. The van der Waals surface area contributed by atoms with Crippen molar-refractivity contribution in [1.29, 1.82) is 0 Å². The smallest absolute Gasteiger partial charge is 0.278 e. The van der Waals surface area contributed by atoms with E-state index in [1.807, 2.05) is 28.0 Å². The number of fused-ring (bicyclic) bond motifs is 2. The molecule has 2 atom stereocenters. The predicted molar refractivity (Wildman–Crippen MR) is 146 cm³/mol. The van der Waals surface area contributed by atoms with E-state index in [9.17, 15) is 8.78 Å². The van der Waals surface area contributed by atoms with E-state index >= 15 is 0 Å². The first-order valence-electron chi connectivity index (χ1n) is 14.1. The lowest BCUT2D eigenvalue weighted by atomic mass is 9.58. The Morgan fingerprint density at radius 2 is 1.82 bits per heavy atom. The lowest BCUT2D eigenvalue weighted by Crippen LogP contribution is -2.48. The Hall–Kier alpha value is -2.75. The van der Waals surface area contributed by atoms with Crippen molar-refractivity contribution in [2.24, 2.45) is 43.9 Å². The van der Waals surface area contributed by atoms with Crippen molar-refractivity contribution in [3.05, 3.63) is 24.3 Å². The molecule has 38 heavy (non-hydrogen) atoms. The number of nitrogens with two attached hydrogens (primary N) is 1. The standard InChI is InChI=1S/C28H39F2N7O/c29-25(30)23-16-37(24-4-2-1-3-22(24)34-23)18-33-27(35-26(31)36-7-9-38-10-8-36)32-17-28-13-19-5-6-20(14-28)12-21(11-19)15-28/h1-4,19-21,25H,5-18H2,(H3,31,32,33,35). The van der Waals surface area contributed by atoms with Crippen LogP contribution in [0.2, 0.25) is 0 Å². The molecule has 2 aliphatic heterocycles. The van der Waals surface area contributed by atoms with Gasteiger partial charge in [0, 0.05) is 19.6 Å². The monoisotopic (exact) mass is 527 g/mol. The number of benzene rings is 1. The number of morpholine rings is 1. The molecule has 0 radical (unpaired) electrons. The minimum absolute atomic E-state index is 0.0309. The fraction of sp³-hybridized carbons (Fsp3) is 0.679. The third-order valence-corrected chi connectivity index (χ3v) is 9.14. The Bertz CT molecular complexity index is 1080. The van der Waals surface area contributed by atoms with E-state index in [4.69, 9.17) is 20.5 Å². The van der Waals surface area contributed by atoms with E-state index in [1.165, 1.54) is 44.9 Å². The molecular weight excluding hydrogens is 488 g/mol. The molecule has 8 nitrogen and oxygen atoms in total. The fourth-order valence-corrected chi connectivity index (χ4v) is 7.65. The molecule has 3 N–H and O–H groups in total. The number of rotatable bonds is 5. The van der Waals surface area contributed by atoms with Gasteiger partial charge in [0.2, 0.25) is 5.96 Å². The van der Waals surface area contributed by atoms with Crippen LogP contribution in [-0.4, -0.2) is 75.0 Å². The summed E-state index contributed by atoms with van der Waals surface area (Å²) in [4.78, 5) is 17.6. The molecule has 4 aliphatic carbocycles. The van der Waals surface area contributed by atoms with Crippen LogP contribution in [0.4, 0.5) is 20.2 Å². The molecule has 0 spiro atoms. The van der Waals surface area contributed by atoms with E-state index in [0.29, 0.717) is 43.9 Å². The van der Waals surface area contributed by atoms with Crippen molar-refractivity contribution in [2.45, 2.75) is 51.4 Å². The summed E-state index contributed by atoms with van der Waals surface area (Å²) < 4.78 is 32.7. The second-order valence-corrected chi connectivity index (χ2v) is 11.9. The van der Waals surface area contributed by atoms with Crippen LogP contribution in [0, 0.1) is 23.2 Å². The van der Waals surface area contributed by atoms with E-state index < -0.39 is 6.43 Å². The summed E-state index contributed by atoms with van der Waals surface area (Å²) in [7, 11) is 0. The van der Waals surface area contributed by atoms with Gasteiger partial charge >= 0.3 is 0 Å². The molecule has 1 aromatic carbocycles. The summed E-state index contributed by atoms with van der Waals surface area (Å²) >= 11 is 0. The molecule has 5 fully saturated rings. The second kappa shape index (κ2) is 10.8. The van der Waals surface area contributed by atoms with E-state index in [-0.39, 0.29) is 24.3 Å². The highest BCUT2D eigenvalue weighted by Gasteiger charge is 2.48. The summed E-state index contributed by atoms with van der Waals surface area (Å²) in [5, 5.41) is 3.59. The van der Waals surface area contributed by atoms with Gasteiger partial charge in [-0.15, -0.1) is 0 Å². The fourth-order valence-electron chi connectivity index (χ4n) is 7.65. The van der Waals surface area contributed by atoms with Crippen LogP contribution in [0.5, 0.6) is 0 Å². The van der Waals surface area contributed by atoms with Gasteiger partial charge in [0.05, 0.1) is 31.1 Å². The maximum atomic E-state index is 13.6. The number of hydrogen-bond donors (Lipinski definition) is 2. The molecule has 0 aromatic heterocycles. The number of hydrogen-bond acceptors (Lipinski definition) is 4. The number of aliphatic imine (C=N–C) groups is 3. The molecule has 4 bridgehead atoms. The zero-order valence-corrected chi connectivity index (χ0v) is 22.0. The Labute approximate surface area is 223 Å². The predicted octanol–water partition coefficient (Wildman–Crippen LogP) is 4.00. The lowest BCUT2D eigenvalue weighted by molar-refractivity contribution is 0.0385. The number of nitrogens with zero attached hydrogens (tertiary/aromatic N) is 5. The number of guanidine groups is 2. The summed E-state index contributed by atoms with van der Waals surface area (Å²) in [6.45, 7) is 3.65. The molecule has 4 saturated carbocycles. The minimum Gasteiger partial charge on any atom is -0.378 e. The largest absolute Gasteiger partial charge is 0.378 e.